The van der Waals surface area contributed by atoms with Gasteiger partial charge in [-0.3, -0.25) is 0 Å². The summed E-state index contributed by atoms with van der Waals surface area (Å²) >= 11 is 6.69. The minimum absolute atomic E-state index is 0.719. The number of nitrogens with zero attached hydrogens (tertiary/aromatic N) is 2. The number of anilines is 2. The van der Waals surface area contributed by atoms with E-state index in [1.807, 2.05) is 18.2 Å². The zero-order valence-corrected chi connectivity index (χ0v) is 12.1. The van der Waals surface area contributed by atoms with E-state index in [4.69, 9.17) is 4.74 Å². The van der Waals surface area contributed by atoms with Crippen molar-refractivity contribution in [2.45, 2.75) is 0 Å². The number of nitrogens with one attached hydrogen (secondary N) is 1. The van der Waals surface area contributed by atoms with Gasteiger partial charge in [0.1, 0.15) is 22.5 Å². The van der Waals surface area contributed by atoms with Crippen LogP contribution in [0, 0.1) is 0 Å². The van der Waals surface area contributed by atoms with Gasteiger partial charge in [-0.15, -0.1) is 0 Å². The molecule has 0 aliphatic rings. The molecule has 2 rings (SSSR count). The lowest BCUT2D eigenvalue weighted by atomic mass is 10.3. The summed E-state index contributed by atoms with van der Waals surface area (Å²) in [6.45, 7) is 0. The number of aromatic nitrogens is 2. The highest BCUT2D eigenvalue weighted by Crippen LogP contribution is 2.29. The third-order valence-electron chi connectivity index (χ3n) is 2.06. The van der Waals surface area contributed by atoms with Gasteiger partial charge in [-0.1, -0.05) is 0 Å². The van der Waals surface area contributed by atoms with E-state index in [-0.39, 0.29) is 0 Å². The summed E-state index contributed by atoms with van der Waals surface area (Å²) in [5, 5.41) is 3.16. The Morgan fingerprint density at radius 2 is 2.00 bits per heavy atom. The Bertz CT molecular complexity index is 534. The van der Waals surface area contributed by atoms with Gasteiger partial charge in [-0.2, -0.15) is 0 Å². The first-order valence-corrected chi connectivity index (χ1v) is 6.36. The number of methoxy groups -OCH3 is 1. The second-order valence-corrected chi connectivity index (χ2v) is 4.87. The van der Waals surface area contributed by atoms with Crippen LogP contribution in [0.2, 0.25) is 0 Å². The van der Waals surface area contributed by atoms with Crippen molar-refractivity contribution in [1.29, 1.82) is 0 Å². The van der Waals surface area contributed by atoms with E-state index in [1.165, 1.54) is 6.33 Å². The molecule has 0 spiro atoms. The normalized spacial score (nSPS) is 10.1. The van der Waals surface area contributed by atoms with Crippen molar-refractivity contribution in [3.8, 4) is 5.75 Å². The van der Waals surface area contributed by atoms with E-state index >= 15 is 0 Å². The van der Waals surface area contributed by atoms with Gasteiger partial charge in [0.2, 0.25) is 0 Å². The second kappa shape index (κ2) is 5.46. The molecule has 0 radical (unpaired) electrons. The van der Waals surface area contributed by atoms with Gasteiger partial charge < -0.3 is 10.1 Å². The highest BCUT2D eigenvalue weighted by atomic mass is 79.9. The minimum Gasteiger partial charge on any atom is -0.495 e. The molecule has 0 amide bonds. The average Bonchev–Trinajstić information content (AvgIpc) is 2.32. The summed E-state index contributed by atoms with van der Waals surface area (Å²) in [5.41, 5.74) is 0.899. The lowest BCUT2D eigenvalue weighted by Gasteiger charge is -2.08. The van der Waals surface area contributed by atoms with Gasteiger partial charge >= 0.3 is 0 Å². The summed E-state index contributed by atoms with van der Waals surface area (Å²) in [5.74, 6) is 1.49. The maximum atomic E-state index is 5.22. The standard InChI is InChI=1S/C11H9Br2N3O/c1-17-9-4-7(2-3-8(9)12)16-11-5-10(13)14-6-15-11/h2-6H,1H3,(H,14,15,16). The number of benzene rings is 1. The van der Waals surface area contributed by atoms with Crippen LogP contribution in [0.15, 0.2) is 39.7 Å². The average molecular weight is 359 g/mol. The highest BCUT2D eigenvalue weighted by molar-refractivity contribution is 9.10. The number of rotatable bonds is 3. The van der Waals surface area contributed by atoms with E-state index in [2.05, 4.69) is 47.1 Å². The molecule has 1 heterocycles. The first kappa shape index (κ1) is 12.3. The molecule has 0 saturated carbocycles. The molecule has 4 nitrogen and oxygen atoms in total. The van der Waals surface area contributed by atoms with Gasteiger partial charge in [0.15, 0.2) is 0 Å². The third kappa shape index (κ3) is 3.17. The molecular weight excluding hydrogens is 350 g/mol. The summed E-state index contributed by atoms with van der Waals surface area (Å²) in [6, 6.07) is 7.54. The van der Waals surface area contributed by atoms with Crippen LogP contribution in [0.4, 0.5) is 11.5 Å². The lowest BCUT2D eigenvalue weighted by Crippen LogP contribution is -1.95. The quantitative estimate of drug-likeness (QED) is 0.848. The monoisotopic (exact) mass is 357 g/mol. The lowest BCUT2D eigenvalue weighted by molar-refractivity contribution is 0.412. The maximum absolute atomic E-state index is 5.22. The van der Waals surface area contributed by atoms with Crippen LogP contribution in [0.3, 0.4) is 0 Å². The van der Waals surface area contributed by atoms with Crippen LogP contribution < -0.4 is 10.1 Å². The Balaban J connectivity index is 2.24. The van der Waals surface area contributed by atoms with Gasteiger partial charge in [0.05, 0.1) is 11.6 Å². The van der Waals surface area contributed by atoms with Crippen LogP contribution >= 0.6 is 31.9 Å². The maximum Gasteiger partial charge on any atom is 0.135 e. The predicted molar refractivity (Wildman–Crippen MR) is 73.7 cm³/mol. The van der Waals surface area contributed by atoms with Crippen molar-refractivity contribution in [1.82, 2.24) is 9.97 Å². The zero-order chi connectivity index (χ0) is 12.3. The number of hydrogen-bond donors (Lipinski definition) is 1. The molecule has 1 aromatic carbocycles. The minimum atomic E-state index is 0.719. The molecule has 0 saturated heterocycles. The van der Waals surface area contributed by atoms with E-state index in [9.17, 15) is 0 Å². The van der Waals surface area contributed by atoms with Gasteiger partial charge in [0.25, 0.3) is 0 Å². The van der Waals surface area contributed by atoms with Crippen LogP contribution in [0.1, 0.15) is 0 Å². The Morgan fingerprint density at radius 1 is 1.18 bits per heavy atom. The number of hydrogen-bond acceptors (Lipinski definition) is 4. The second-order valence-electron chi connectivity index (χ2n) is 3.20. The summed E-state index contributed by atoms with van der Waals surface area (Å²) in [7, 11) is 1.63. The Hall–Kier alpha value is -1.14. The van der Waals surface area contributed by atoms with Crippen LogP contribution in [0.5, 0.6) is 5.75 Å². The Labute approximate surface area is 116 Å². The van der Waals surface area contributed by atoms with Crippen molar-refractivity contribution in [2.75, 3.05) is 12.4 Å². The van der Waals surface area contributed by atoms with Crippen LogP contribution in [-0.4, -0.2) is 17.1 Å². The molecule has 0 aliphatic carbocycles. The van der Waals surface area contributed by atoms with Gasteiger partial charge in [-0.05, 0) is 44.0 Å². The molecule has 0 unspecified atom stereocenters. The molecule has 6 heteroatoms. The fourth-order valence-electron chi connectivity index (χ4n) is 1.29. The van der Waals surface area contributed by atoms with Crippen molar-refractivity contribution in [3.63, 3.8) is 0 Å². The molecule has 1 N–H and O–H groups in total. The summed E-state index contributed by atoms with van der Waals surface area (Å²) in [6.07, 6.45) is 1.49. The highest BCUT2D eigenvalue weighted by Gasteiger charge is 2.02. The molecule has 0 aliphatic heterocycles. The van der Waals surface area contributed by atoms with Crippen molar-refractivity contribution < 1.29 is 4.74 Å². The first-order chi connectivity index (χ1) is 8.19. The van der Waals surface area contributed by atoms with Crippen molar-refractivity contribution in [3.05, 3.63) is 39.7 Å². The van der Waals surface area contributed by atoms with Crippen LogP contribution in [0.25, 0.3) is 0 Å². The molecule has 0 bridgehead atoms. The van der Waals surface area contributed by atoms with E-state index in [0.717, 1.165) is 26.3 Å². The fourth-order valence-corrected chi connectivity index (χ4v) is 2.00. The fraction of sp³-hybridized carbons (Fsp3) is 0.0909. The molecule has 17 heavy (non-hydrogen) atoms. The molecular formula is C11H9Br2N3O. The van der Waals surface area contributed by atoms with Crippen LogP contribution in [-0.2, 0) is 0 Å². The third-order valence-corrected chi connectivity index (χ3v) is 3.15. The zero-order valence-electron chi connectivity index (χ0n) is 8.95. The first-order valence-electron chi connectivity index (χ1n) is 4.77. The van der Waals surface area contributed by atoms with Crippen molar-refractivity contribution >= 4 is 43.4 Å². The Morgan fingerprint density at radius 3 is 2.71 bits per heavy atom. The SMILES string of the molecule is COc1cc(Nc2cc(Br)ncn2)ccc1Br. The predicted octanol–water partition coefficient (Wildman–Crippen LogP) is 3.75. The van der Waals surface area contributed by atoms with E-state index < -0.39 is 0 Å². The van der Waals surface area contributed by atoms with E-state index in [1.54, 1.807) is 13.2 Å². The van der Waals surface area contributed by atoms with Gasteiger partial charge in [0, 0.05) is 17.8 Å². The summed E-state index contributed by atoms with van der Waals surface area (Å²) in [4.78, 5) is 8.07. The topological polar surface area (TPSA) is 47.0 Å². The van der Waals surface area contributed by atoms with Crippen molar-refractivity contribution in [2.24, 2.45) is 0 Å². The number of ether oxygens (including phenoxy) is 1. The molecule has 0 fully saturated rings. The smallest absolute Gasteiger partial charge is 0.135 e. The summed E-state index contributed by atoms with van der Waals surface area (Å²) < 4.78 is 6.86. The Kier molecular flexibility index (Phi) is 3.96. The molecule has 88 valence electrons. The number of halogens is 2. The largest absolute Gasteiger partial charge is 0.495 e. The molecule has 0 atom stereocenters. The van der Waals surface area contributed by atoms with Gasteiger partial charge in [-0.25, -0.2) is 9.97 Å². The molecule has 2 aromatic rings. The van der Waals surface area contributed by atoms with E-state index in [0.29, 0.717) is 0 Å². The molecule has 1 aromatic heterocycles.